The summed E-state index contributed by atoms with van der Waals surface area (Å²) in [6.45, 7) is 8.21. The molecule has 0 amide bonds. The summed E-state index contributed by atoms with van der Waals surface area (Å²) in [4.78, 5) is 13.9. The monoisotopic (exact) mass is 436 g/mol. The van der Waals surface area contributed by atoms with Gasteiger partial charge in [-0.15, -0.1) is 0 Å². The number of nitrogens with one attached hydrogen (secondary N) is 2. The number of aliphatic imine (C=N–C) groups is 1. The van der Waals surface area contributed by atoms with Crippen LogP contribution in [0.25, 0.3) is 0 Å². The summed E-state index contributed by atoms with van der Waals surface area (Å²) in [5, 5.41) is 6.87. The van der Waals surface area contributed by atoms with Gasteiger partial charge in [-0.3, -0.25) is 9.89 Å². The summed E-state index contributed by atoms with van der Waals surface area (Å²) >= 11 is 0. The molecule has 2 aliphatic heterocycles. The van der Waals surface area contributed by atoms with E-state index >= 15 is 0 Å². The maximum absolute atomic E-state index is 5.48. The molecule has 2 N–H and O–H groups in total. The normalized spacial score (nSPS) is 17.9. The van der Waals surface area contributed by atoms with Gasteiger partial charge in [0, 0.05) is 51.5 Å². The van der Waals surface area contributed by atoms with E-state index in [0.29, 0.717) is 6.54 Å². The number of aromatic nitrogens is 1. The van der Waals surface area contributed by atoms with E-state index in [-0.39, 0.29) is 0 Å². The quantitative estimate of drug-likeness (QED) is 0.514. The van der Waals surface area contributed by atoms with E-state index in [4.69, 9.17) is 4.74 Å². The van der Waals surface area contributed by atoms with E-state index in [1.807, 2.05) is 19.3 Å². The van der Waals surface area contributed by atoms with Gasteiger partial charge < -0.3 is 20.3 Å². The van der Waals surface area contributed by atoms with Crippen LogP contribution in [0.2, 0.25) is 0 Å². The van der Waals surface area contributed by atoms with E-state index in [0.717, 1.165) is 51.2 Å². The van der Waals surface area contributed by atoms with Crippen molar-refractivity contribution in [3.8, 4) is 0 Å². The number of hydrogen-bond donors (Lipinski definition) is 2. The van der Waals surface area contributed by atoms with Gasteiger partial charge in [0.05, 0.1) is 13.2 Å². The Hall–Kier alpha value is -2.64. The zero-order valence-electron chi connectivity index (χ0n) is 19.2. The van der Waals surface area contributed by atoms with Crippen molar-refractivity contribution in [1.82, 2.24) is 20.5 Å². The van der Waals surface area contributed by atoms with Gasteiger partial charge in [0.2, 0.25) is 0 Å². The highest BCUT2D eigenvalue weighted by Crippen LogP contribution is 2.18. The molecule has 2 aromatic rings. The van der Waals surface area contributed by atoms with Gasteiger partial charge >= 0.3 is 0 Å². The lowest BCUT2D eigenvalue weighted by Gasteiger charge is -2.29. The molecule has 7 heteroatoms. The zero-order chi connectivity index (χ0) is 22.0. The first-order valence-electron chi connectivity index (χ1n) is 11.8. The predicted molar refractivity (Wildman–Crippen MR) is 130 cm³/mol. The highest BCUT2D eigenvalue weighted by atomic mass is 16.5. The Morgan fingerprint density at radius 3 is 2.41 bits per heavy atom. The van der Waals surface area contributed by atoms with Crippen LogP contribution in [0, 0.1) is 0 Å². The molecule has 0 radical (unpaired) electrons. The van der Waals surface area contributed by atoms with Gasteiger partial charge in [-0.25, -0.2) is 4.98 Å². The Bertz CT molecular complexity index is 857. The van der Waals surface area contributed by atoms with Crippen molar-refractivity contribution in [2.75, 3.05) is 51.3 Å². The molecule has 0 spiro atoms. The zero-order valence-corrected chi connectivity index (χ0v) is 19.2. The molecule has 0 aliphatic carbocycles. The van der Waals surface area contributed by atoms with Gasteiger partial charge in [-0.1, -0.05) is 36.8 Å². The minimum absolute atomic E-state index is 0.676. The number of piperidine rings is 1. The lowest BCUT2D eigenvalue weighted by Crippen LogP contribution is -2.39. The first-order valence-corrected chi connectivity index (χ1v) is 11.8. The van der Waals surface area contributed by atoms with Crippen LogP contribution in [-0.4, -0.2) is 62.3 Å². The maximum Gasteiger partial charge on any atom is 0.191 e. The molecule has 0 bridgehead atoms. The predicted octanol–water partition coefficient (Wildman–Crippen LogP) is 2.77. The van der Waals surface area contributed by atoms with Crippen LogP contribution in [0.4, 0.5) is 5.82 Å². The van der Waals surface area contributed by atoms with Crippen molar-refractivity contribution in [3.05, 3.63) is 59.3 Å². The average molecular weight is 437 g/mol. The van der Waals surface area contributed by atoms with E-state index < -0.39 is 0 Å². The number of anilines is 1. The summed E-state index contributed by atoms with van der Waals surface area (Å²) in [7, 11) is 1.81. The number of rotatable bonds is 7. The number of ether oxygens (including phenoxy) is 1. The number of guanidine groups is 1. The van der Waals surface area contributed by atoms with Crippen molar-refractivity contribution < 1.29 is 4.74 Å². The number of pyridine rings is 1. The van der Waals surface area contributed by atoms with Crippen LogP contribution in [-0.2, 0) is 24.4 Å². The molecule has 1 aromatic carbocycles. The first kappa shape index (κ1) is 22.6. The third kappa shape index (κ3) is 6.43. The summed E-state index contributed by atoms with van der Waals surface area (Å²) in [5.74, 6) is 1.82. The van der Waals surface area contributed by atoms with Gasteiger partial charge in [0.1, 0.15) is 5.82 Å². The Labute approximate surface area is 191 Å². The standard InChI is InChI=1S/C25H36N6O/c1-26-25(29-19-23-6-5-11-27-24(23)31-14-16-32-17-15-31)28-18-21-7-9-22(10-8-21)20-30-12-3-2-4-13-30/h5-11H,2-4,12-20H2,1H3,(H2,26,28,29). The Morgan fingerprint density at radius 2 is 1.66 bits per heavy atom. The van der Waals surface area contributed by atoms with E-state index in [2.05, 4.69) is 60.7 Å². The molecule has 1 aromatic heterocycles. The van der Waals surface area contributed by atoms with Crippen LogP contribution in [0.1, 0.15) is 36.0 Å². The minimum atomic E-state index is 0.676. The molecule has 0 atom stereocenters. The molecule has 3 heterocycles. The fourth-order valence-corrected chi connectivity index (χ4v) is 4.35. The van der Waals surface area contributed by atoms with Gasteiger partial charge in [0.25, 0.3) is 0 Å². The van der Waals surface area contributed by atoms with Gasteiger partial charge in [-0.2, -0.15) is 0 Å². The molecule has 172 valence electrons. The Morgan fingerprint density at radius 1 is 0.938 bits per heavy atom. The van der Waals surface area contributed by atoms with Gasteiger partial charge in [0.15, 0.2) is 5.96 Å². The third-order valence-electron chi connectivity index (χ3n) is 6.19. The smallest absolute Gasteiger partial charge is 0.191 e. The second-order valence-corrected chi connectivity index (χ2v) is 8.52. The van der Waals surface area contributed by atoms with Crippen molar-refractivity contribution in [1.29, 1.82) is 0 Å². The Kier molecular flexibility index (Phi) is 8.34. The second kappa shape index (κ2) is 11.8. The lowest BCUT2D eigenvalue weighted by atomic mass is 10.1. The van der Waals surface area contributed by atoms with Crippen LogP contribution in [0.5, 0.6) is 0 Å². The Balaban J connectivity index is 1.26. The topological polar surface area (TPSA) is 65.0 Å². The number of hydrogen-bond acceptors (Lipinski definition) is 5. The van der Waals surface area contributed by atoms with Crippen LogP contribution >= 0.6 is 0 Å². The molecule has 32 heavy (non-hydrogen) atoms. The lowest BCUT2D eigenvalue weighted by molar-refractivity contribution is 0.122. The van der Waals surface area contributed by atoms with Crippen molar-refractivity contribution in [2.24, 2.45) is 4.99 Å². The summed E-state index contributed by atoms with van der Waals surface area (Å²) in [6.07, 6.45) is 5.91. The molecule has 2 saturated heterocycles. The number of benzene rings is 1. The highest BCUT2D eigenvalue weighted by molar-refractivity contribution is 5.79. The van der Waals surface area contributed by atoms with Crippen LogP contribution < -0.4 is 15.5 Å². The molecule has 2 aliphatic rings. The van der Waals surface area contributed by atoms with Crippen molar-refractivity contribution in [2.45, 2.75) is 38.9 Å². The minimum Gasteiger partial charge on any atom is -0.378 e. The van der Waals surface area contributed by atoms with Gasteiger partial charge in [-0.05, 0) is 43.1 Å². The first-order chi connectivity index (χ1) is 15.8. The van der Waals surface area contributed by atoms with Crippen LogP contribution in [0.15, 0.2) is 47.6 Å². The SMILES string of the molecule is CN=C(NCc1ccc(CN2CCCCC2)cc1)NCc1cccnc1N1CCOCC1. The summed E-state index contributed by atoms with van der Waals surface area (Å²) < 4.78 is 5.48. The molecule has 0 saturated carbocycles. The molecular weight excluding hydrogens is 400 g/mol. The third-order valence-corrected chi connectivity index (χ3v) is 6.19. The van der Waals surface area contributed by atoms with Crippen molar-refractivity contribution in [3.63, 3.8) is 0 Å². The summed E-state index contributed by atoms with van der Waals surface area (Å²) in [6, 6.07) is 13.1. The fourth-order valence-electron chi connectivity index (χ4n) is 4.35. The van der Waals surface area contributed by atoms with E-state index in [1.54, 1.807) is 0 Å². The maximum atomic E-state index is 5.48. The molecule has 7 nitrogen and oxygen atoms in total. The van der Waals surface area contributed by atoms with Crippen LogP contribution in [0.3, 0.4) is 0 Å². The fraction of sp³-hybridized carbons (Fsp3) is 0.520. The molecule has 2 fully saturated rings. The number of nitrogens with zero attached hydrogens (tertiary/aromatic N) is 4. The largest absolute Gasteiger partial charge is 0.378 e. The van der Waals surface area contributed by atoms with E-state index in [1.165, 1.54) is 49.0 Å². The summed E-state index contributed by atoms with van der Waals surface area (Å²) in [5.41, 5.74) is 3.82. The second-order valence-electron chi connectivity index (χ2n) is 8.52. The van der Waals surface area contributed by atoms with Crippen molar-refractivity contribution >= 4 is 11.8 Å². The number of morpholine rings is 1. The van der Waals surface area contributed by atoms with E-state index in [9.17, 15) is 0 Å². The highest BCUT2D eigenvalue weighted by Gasteiger charge is 2.16. The molecular formula is C25H36N6O. The molecule has 0 unspecified atom stereocenters. The molecule has 4 rings (SSSR count). The average Bonchev–Trinajstić information content (AvgIpc) is 2.86. The number of likely N-dealkylation sites (tertiary alicyclic amines) is 1.